The number of rotatable bonds is 6. The molecule has 3 N–H and O–H groups in total. The number of carbonyl (C=O) groups excluding carboxylic acids is 1. The summed E-state index contributed by atoms with van der Waals surface area (Å²) in [5.41, 5.74) is 0.267. The molecular weight excluding hydrogens is 268 g/mol. The van der Waals surface area contributed by atoms with Gasteiger partial charge in [0, 0.05) is 6.42 Å². The monoisotopic (exact) mass is 284 g/mol. The minimum atomic E-state index is -3.83. The van der Waals surface area contributed by atoms with Crippen LogP contribution < -0.4 is 15.2 Å². The van der Waals surface area contributed by atoms with E-state index < -0.39 is 10.0 Å². The van der Waals surface area contributed by atoms with E-state index in [1.807, 2.05) is 0 Å². The summed E-state index contributed by atoms with van der Waals surface area (Å²) in [6.45, 7) is 3.52. The molecule has 6 nitrogen and oxygen atoms in total. The third-order valence-corrected chi connectivity index (χ3v) is 3.26. The lowest BCUT2D eigenvalue weighted by Crippen LogP contribution is -2.15. The molecule has 19 heavy (non-hydrogen) atoms. The Kier molecular flexibility index (Phi) is 5.08. The molecule has 0 atom stereocenters. The molecule has 0 aliphatic heterocycles. The van der Waals surface area contributed by atoms with Crippen LogP contribution in [0.25, 0.3) is 0 Å². The highest BCUT2D eigenvalue weighted by Gasteiger charge is 2.13. The lowest BCUT2D eigenvalue weighted by atomic mass is 10.2. The molecule has 0 aliphatic carbocycles. The third kappa shape index (κ3) is 4.38. The molecule has 104 valence electrons. The first-order valence-corrected chi connectivity index (χ1v) is 7.04. The molecular formula is C12H16N2O4S. The van der Waals surface area contributed by atoms with Crippen LogP contribution in [0.3, 0.4) is 0 Å². The number of benzene rings is 1. The predicted molar refractivity (Wildman–Crippen MR) is 72.4 cm³/mol. The molecule has 7 heteroatoms. The van der Waals surface area contributed by atoms with Crippen molar-refractivity contribution in [2.45, 2.75) is 17.7 Å². The Labute approximate surface area is 112 Å². The van der Waals surface area contributed by atoms with Crippen LogP contribution in [0.15, 0.2) is 35.7 Å². The first-order valence-electron chi connectivity index (χ1n) is 5.50. The molecule has 1 rings (SSSR count). The molecule has 0 aromatic heterocycles. The standard InChI is InChI=1S/C12H16N2O4S/c1-3-4-5-12(15)14-10-8-9(19(13,16)17)6-7-11(10)18-2/h3,6-8H,1,4-5H2,2H3,(H,14,15)(H2,13,16,17). The van der Waals surface area contributed by atoms with Crippen LogP contribution in [-0.4, -0.2) is 21.4 Å². The second kappa shape index (κ2) is 6.35. The van der Waals surface area contributed by atoms with Crippen molar-refractivity contribution in [2.75, 3.05) is 12.4 Å². The van der Waals surface area contributed by atoms with Crippen molar-refractivity contribution in [3.05, 3.63) is 30.9 Å². The van der Waals surface area contributed by atoms with Crippen LogP contribution in [0.1, 0.15) is 12.8 Å². The fourth-order valence-electron chi connectivity index (χ4n) is 1.41. The van der Waals surface area contributed by atoms with Gasteiger partial charge in [0.1, 0.15) is 5.75 Å². The Balaban J connectivity index is 3.03. The van der Waals surface area contributed by atoms with E-state index in [0.29, 0.717) is 12.2 Å². The Bertz CT molecular complexity index is 581. The first kappa shape index (κ1) is 15.2. The molecule has 0 fully saturated rings. The van der Waals surface area contributed by atoms with Crippen molar-refractivity contribution in [1.29, 1.82) is 0 Å². The normalized spacial score (nSPS) is 10.8. The van der Waals surface area contributed by atoms with E-state index in [1.54, 1.807) is 6.08 Å². The number of nitrogens with two attached hydrogens (primary N) is 1. The number of nitrogens with one attached hydrogen (secondary N) is 1. The number of methoxy groups -OCH3 is 1. The number of primary sulfonamides is 1. The van der Waals surface area contributed by atoms with Crippen molar-refractivity contribution in [3.63, 3.8) is 0 Å². The number of allylic oxidation sites excluding steroid dienone is 1. The van der Waals surface area contributed by atoms with Gasteiger partial charge in [-0.05, 0) is 24.6 Å². The summed E-state index contributed by atoms with van der Waals surface area (Å²) in [5.74, 6) is 0.101. The summed E-state index contributed by atoms with van der Waals surface area (Å²) in [7, 11) is -2.40. The van der Waals surface area contributed by atoms with Gasteiger partial charge in [-0.3, -0.25) is 4.79 Å². The minimum Gasteiger partial charge on any atom is -0.495 e. The Morgan fingerprint density at radius 3 is 2.74 bits per heavy atom. The van der Waals surface area contributed by atoms with Gasteiger partial charge in [0.15, 0.2) is 0 Å². The lowest BCUT2D eigenvalue weighted by Gasteiger charge is -2.11. The molecule has 0 radical (unpaired) electrons. The average Bonchev–Trinajstić information content (AvgIpc) is 2.35. The van der Waals surface area contributed by atoms with E-state index >= 15 is 0 Å². The highest BCUT2D eigenvalue weighted by Crippen LogP contribution is 2.27. The number of hydrogen-bond donors (Lipinski definition) is 2. The van der Waals surface area contributed by atoms with Gasteiger partial charge < -0.3 is 10.1 Å². The first-order chi connectivity index (χ1) is 8.88. The van der Waals surface area contributed by atoms with Gasteiger partial charge in [0.25, 0.3) is 0 Å². The molecule has 0 spiro atoms. The molecule has 0 saturated carbocycles. The van der Waals surface area contributed by atoms with E-state index in [1.165, 1.54) is 25.3 Å². The summed E-state index contributed by atoms with van der Waals surface area (Å²) in [5, 5.41) is 7.61. The van der Waals surface area contributed by atoms with Gasteiger partial charge in [-0.25, -0.2) is 13.6 Å². The molecule has 1 aromatic rings. The molecule has 0 unspecified atom stereocenters. The van der Waals surface area contributed by atoms with Crippen molar-refractivity contribution >= 4 is 21.6 Å². The summed E-state index contributed by atoms with van der Waals surface area (Å²) in [6.07, 6.45) is 2.41. The number of sulfonamides is 1. The van der Waals surface area contributed by atoms with Crippen molar-refractivity contribution < 1.29 is 17.9 Å². The van der Waals surface area contributed by atoms with Gasteiger partial charge in [0.05, 0.1) is 17.7 Å². The SMILES string of the molecule is C=CCCC(=O)Nc1cc(S(N)(=O)=O)ccc1OC. The fourth-order valence-corrected chi connectivity index (χ4v) is 1.95. The lowest BCUT2D eigenvalue weighted by molar-refractivity contribution is -0.116. The van der Waals surface area contributed by atoms with Crippen LogP contribution >= 0.6 is 0 Å². The number of ether oxygens (including phenoxy) is 1. The molecule has 0 heterocycles. The van der Waals surface area contributed by atoms with Crippen LogP contribution in [0.4, 0.5) is 5.69 Å². The zero-order valence-electron chi connectivity index (χ0n) is 10.5. The van der Waals surface area contributed by atoms with E-state index in [2.05, 4.69) is 11.9 Å². The second-order valence-electron chi connectivity index (χ2n) is 3.78. The van der Waals surface area contributed by atoms with Gasteiger partial charge in [0.2, 0.25) is 15.9 Å². The van der Waals surface area contributed by atoms with Crippen molar-refractivity contribution in [1.82, 2.24) is 0 Å². The highest BCUT2D eigenvalue weighted by atomic mass is 32.2. The van der Waals surface area contributed by atoms with Gasteiger partial charge in [-0.2, -0.15) is 0 Å². The maximum Gasteiger partial charge on any atom is 0.238 e. The summed E-state index contributed by atoms with van der Waals surface area (Å²) >= 11 is 0. The molecule has 0 saturated heterocycles. The fraction of sp³-hybridized carbons (Fsp3) is 0.250. The molecule has 1 amide bonds. The zero-order chi connectivity index (χ0) is 14.5. The number of amides is 1. The van der Waals surface area contributed by atoms with Gasteiger partial charge >= 0.3 is 0 Å². The number of carbonyl (C=O) groups is 1. The highest BCUT2D eigenvalue weighted by molar-refractivity contribution is 7.89. The summed E-state index contributed by atoms with van der Waals surface area (Å²) in [4.78, 5) is 11.5. The summed E-state index contributed by atoms with van der Waals surface area (Å²) < 4.78 is 27.6. The minimum absolute atomic E-state index is 0.0904. The second-order valence-corrected chi connectivity index (χ2v) is 5.34. The van der Waals surface area contributed by atoms with E-state index in [9.17, 15) is 13.2 Å². The number of hydrogen-bond acceptors (Lipinski definition) is 4. The number of anilines is 1. The average molecular weight is 284 g/mol. The van der Waals surface area contributed by atoms with Crippen LogP contribution in [0.2, 0.25) is 0 Å². The van der Waals surface area contributed by atoms with E-state index in [4.69, 9.17) is 9.88 Å². The third-order valence-electron chi connectivity index (χ3n) is 2.35. The topological polar surface area (TPSA) is 98.5 Å². The largest absolute Gasteiger partial charge is 0.495 e. The maximum absolute atomic E-state index is 11.6. The van der Waals surface area contributed by atoms with E-state index in [-0.39, 0.29) is 22.9 Å². The van der Waals surface area contributed by atoms with Crippen LogP contribution in [-0.2, 0) is 14.8 Å². The van der Waals surface area contributed by atoms with E-state index in [0.717, 1.165) is 0 Å². The van der Waals surface area contributed by atoms with Gasteiger partial charge in [-0.1, -0.05) is 6.08 Å². The van der Waals surface area contributed by atoms with Crippen molar-refractivity contribution in [2.24, 2.45) is 5.14 Å². The van der Waals surface area contributed by atoms with Gasteiger partial charge in [-0.15, -0.1) is 6.58 Å². The Morgan fingerprint density at radius 2 is 2.21 bits per heavy atom. The molecule has 0 aliphatic rings. The quantitative estimate of drug-likeness (QED) is 0.768. The smallest absolute Gasteiger partial charge is 0.238 e. The van der Waals surface area contributed by atoms with Crippen LogP contribution in [0, 0.1) is 0 Å². The van der Waals surface area contributed by atoms with Crippen molar-refractivity contribution in [3.8, 4) is 5.75 Å². The Morgan fingerprint density at radius 1 is 1.53 bits per heavy atom. The van der Waals surface area contributed by atoms with Crippen LogP contribution in [0.5, 0.6) is 5.75 Å². The molecule has 0 bridgehead atoms. The Hall–Kier alpha value is -1.86. The molecule has 1 aromatic carbocycles. The zero-order valence-corrected chi connectivity index (χ0v) is 11.4. The predicted octanol–water partition coefficient (Wildman–Crippen LogP) is 1.25. The maximum atomic E-state index is 11.6. The summed E-state index contributed by atoms with van der Waals surface area (Å²) in [6, 6.07) is 4.01.